The van der Waals surface area contributed by atoms with Gasteiger partial charge in [0.15, 0.2) is 6.61 Å². The molecule has 2 aromatic rings. The van der Waals surface area contributed by atoms with E-state index in [-0.39, 0.29) is 25.7 Å². The maximum atomic E-state index is 12.3. The van der Waals surface area contributed by atoms with Gasteiger partial charge in [-0.3, -0.25) is 4.79 Å². The highest BCUT2D eigenvalue weighted by Crippen LogP contribution is 2.21. The summed E-state index contributed by atoms with van der Waals surface area (Å²) in [5.74, 6) is 0.401. The maximum Gasteiger partial charge on any atom is 0.260 e. The molecule has 0 radical (unpaired) electrons. The smallest absolute Gasteiger partial charge is 0.260 e. The summed E-state index contributed by atoms with van der Waals surface area (Å²) < 4.78 is 5.57. The fraction of sp³-hybridized carbons (Fsp3) is 0.375. The lowest BCUT2D eigenvalue weighted by Gasteiger charge is -2.21. The molecule has 0 bridgehead atoms. The Bertz CT molecular complexity index is 672. The maximum absolute atomic E-state index is 12.3. The van der Waals surface area contributed by atoms with Crippen molar-refractivity contribution in [3.05, 3.63) is 46.5 Å². The van der Waals surface area contributed by atoms with Crippen molar-refractivity contribution in [3.8, 4) is 5.75 Å². The zero-order valence-corrected chi connectivity index (χ0v) is 13.9. The Morgan fingerprint density at radius 2 is 2.22 bits per heavy atom. The van der Waals surface area contributed by atoms with Gasteiger partial charge >= 0.3 is 0 Å². The number of nitrogens with zero attached hydrogens (tertiary/aromatic N) is 2. The molecule has 0 aliphatic carbocycles. The van der Waals surface area contributed by atoms with Gasteiger partial charge in [-0.25, -0.2) is 4.98 Å². The average Bonchev–Trinajstić information content (AvgIpc) is 2.91. The predicted molar refractivity (Wildman–Crippen MR) is 87.5 cm³/mol. The van der Waals surface area contributed by atoms with E-state index in [0.717, 1.165) is 17.0 Å². The number of aromatic amines is 1. The number of hydrogen-bond donors (Lipinski definition) is 2. The Kier molecular flexibility index (Phi) is 6.01. The lowest BCUT2D eigenvalue weighted by molar-refractivity contribution is -0.134. The molecule has 2 rings (SSSR count). The molecule has 1 aromatic heterocycles. The Balaban J connectivity index is 1.99. The van der Waals surface area contributed by atoms with Gasteiger partial charge in [0.2, 0.25) is 0 Å². The van der Waals surface area contributed by atoms with E-state index in [9.17, 15) is 4.79 Å². The molecule has 1 amide bonds. The minimum Gasteiger partial charge on any atom is -0.483 e. The van der Waals surface area contributed by atoms with E-state index in [2.05, 4.69) is 9.97 Å². The third-order valence-corrected chi connectivity index (χ3v) is 3.72. The van der Waals surface area contributed by atoms with Crippen LogP contribution in [0.1, 0.15) is 17.0 Å². The largest absolute Gasteiger partial charge is 0.483 e. The topological polar surface area (TPSA) is 78.4 Å². The van der Waals surface area contributed by atoms with E-state index < -0.39 is 0 Å². The van der Waals surface area contributed by atoms with Crippen LogP contribution in [0.15, 0.2) is 24.5 Å². The third-order valence-electron chi connectivity index (χ3n) is 3.49. The van der Waals surface area contributed by atoms with Crippen LogP contribution < -0.4 is 4.74 Å². The van der Waals surface area contributed by atoms with Gasteiger partial charge in [-0.05, 0) is 37.6 Å². The van der Waals surface area contributed by atoms with Gasteiger partial charge in [0.25, 0.3) is 5.91 Å². The number of aryl methyl sites for hydroxylation is 2. The first-order chi connectivity index (χ1) is 11.0. The molecule has 124 valence electrons. The van der Waals surface area contributed by atoms with Crippen molar-refractivity contribution in [1.29, 1.82) is 0 Å². The Hall–Kier alpha value is -2.05. The van der Waals surface area contributed by atoms with Crippen molar-refractivity contribution in [2.24, 2.45) is 0 Å². The number of halogens is 1. The fourth-order valence-electron chi connectivity index (χ4n) is 2.15. The zero-order valence-electron chi connectivity index (χ0n) is 13.2. The second-order valence-electron chi connectivity index (χ2n) is 5.21. The molecule has 0 fully saturated rings. The predicted octanol–water partition coefficient (Wildman–Crippen LogP) is 2.08. The fourth-order valence-corrected chi connectivity index (χ4v) is 2.37. The van der Waals surface area contributed by atoms with Crippen LogP contribution in [0, 0.1) is 13.8 Å². The van der Waals surface area contributed by atoms with E-state index in [1.165, 1.54) is 4.90 Å². The van der Waals surface area contributed by atoms with Crippen LogP contribution in [0.4, 0.5) is 0 Å². The quantitative estimate of drug-likeness (QED) is 0.810. The van der Waals surface area contributed by atoms with Crippen molar-refractivity contribution in [2.45, 2.75) is 20.4 Å². The van der Waals surface area contributed by atoms with E-state index >= 15 is 0 Å². The van der Waals surface area contributed by atoms with E-state index in [0.29, 0.717) is 17.3 Å². The SMILES string of the molecule is Cc1cc(Cl)ccc1OCC(=O)N(CCO)Cc1nc[nH]c1C. The number of amides is 1. The number of aliphatic hydroxyl groups is 1. The van der Waals surface area contributed by atoms with Gasteiger partial charge in [0.05, 0.1) is 25.2 Å². The number of aliphatic hydroxyl groups excluding tert-OH is 1. The number of H-pyrrole nitrogens is 1. The summed E-state index contributed by atoms with van der Waals surface area (Å²) in [7, 11) is 0. The van der Waals surface area contributed by atoms with Gasteiger partial charge in [-0.15, -0.1) is 0 Å². The normalized spacial score (nSPS) is 10.6. The van der Waals surface area contributed by atoms with Crippen LogP contribution >= 0.6 is 11.6 Å². The molecule has 0 spiro atoms. The average molecular weight is 338 g/mol. The summed E-state index contributed by atoms with van der Waals surface area (Å²) >= 11 is 5.90. The van der Waals surface area contributed by atoms with Crippen molar-refractivity contribution in [3.63, 3.8) is 0 Å². The monoisotopic (exact) mass is 337 g/mol. The van der Waals surface area contributed by atoms with Crippen LogP contribution in [0.25, 0.3) is 0 Å². The summed E-state index contributed by atoms with van der Waals surface area (Å²) in [4.78, 5) is 21.0. The second kappa shape index (κ2) is 7.99. The molecular weight excluding hydrogens is 318 g/mol. The van der Waals surface area contributed by atoms with Gasteiger partial charge in [-0.2, -0.15) is 0 Å². The van der Waals surface area contributed by atoms with Gasteiger partial charge in [0.1, 0.15) is 5.75 Å². The van der Waals surface area contributed by atoms with Gasteiger partial charge < -0.3 is 19.7 Å². The highest BCUT2D eigenvalue weighted by molar-refractivity contribution is 6.30. The summed E-state index contributed by atoms with van der Waals surface area (Å²) in [6.07, 6.45) is 1.58. The standard InChI is InChI=1S/C16H20ClN3O3/c1-11-7-13(17)3-4-15(11)23-9-16(22)20(5-6-21)8-14-12(2)18-10-19-14/h3-4,7,10,21H,5-6,8-9H2,1-2H3,(H,18,19). The molecule has 2 N–H and O–H groups in total. The number of carbonyl (C=O) groups excluding carboxylic acids is 1. The summed E-state index contributed by atoms with van der Waals surface area (Å²) in [6.45, 7) is 4.09. The van der Waals surface area contributed by atoms with Crippen LogP contribution in [0.3, 0.4) is 0 Å². The Labute approximate surface area is 140 Å². The molecule has 1 aromatic carbocycles. The molecule has 0 saturated carbocycles. The summed E-state index contributed by atoms with van der Waals surface area (Å²) in [5, 5.41) is 9.79. The van der Waals surface area contributed by atoms with Crippen molar-refractivity contribution in [2.75, 3.05) is 19.8 Å². The lowest BCUT2D eigenvalue weighted by Crippen LogP contribution is -2.36. The number of rotatable bonds is 7. The molecule has 6 nitrogen and oxygen atoms in total. The number of benzene rings is 1. The molecule has 7 heteroatoms. The molecule has 0 aliphatic rings. The minimum absolute atomic E-state index is 0.105. The molecule has 23 heavy (non-hydrogen) atoms. The van der Waals surface area contributed by atoms with Gasteiger partial charge in [-0.1, -0.05) is 11.6 Å². The highest BCUT2D eigenvalue weighted by atomic mass is 35.5. The molecule has 0 saturated heterocycles. The van der Waals surface area contributed by atoms with E-state index in [1.807, 2.05) is 13.8 Å². The first-order valence-electron chi connectivity index (χ1n) is 7.27. The second-order valence-corrected chi connectivity index (χ2v) is 5.65. The molecule has 0 atom stereocenters. The van der Waals surface area contributed by atoms with Crippen molar-refractivity contribution in [1.82, 2.24) is 14.9 Å². The number of carbonyl (C=O) groups is 1. The number of ether oxygens (including phenoxy) is 1. The van der Waals surface area contributed by atoms with Crippen LogP contribution in [0.2, 0.25) is 5.02 Å². The summed E-state index contributed by atoms with van der Waals surface area (Å²) in [6, 6.07) is 5.23. The first kappa shape index (κ1) is 17.3. The molecule has 1 heterocycles. The van der Waals surface area contributed by atoms with Gasteiger partial charge in [0, 0.05) is 17.3 Å². The van der Waals surface area contributed by atoms with E-state index in [1.54, 1.807) is 24.5 Å². The zero-order chi connectivity index (χ0) is 16.8. The van der Waals surface area contributed by atoms with Crippen molar-refractivity contribution < 1.29 is 14.6 Å². The highest BCUT2D eigenvalue weighted by Gasteiger charge is 2.17. The lowest BCUT2D eigenvalue weighted by atomic mass is 10.2. The first-order valence-corrected chi connectivity index (χ1v) is 7.65. The number of imidazole rings is 1. The van der Waals surface area contributed by atoms with Crippen LogP contribution in [0.5, 0.6) is 5.75 Å². The number of hydrogen-bond acceptors (Lipinski definition) is 4. The number of aromatic nitrogens is 2. The van der Waals surface area contributed by atoms with Crippen LogP contribution in [-0.2, 0) is 11.3 Å². The van der Waals surface area contributed by atoms with Crippen molar-refractivity contribution >= 4 is 17.5 Å². The minimum atomic E-state index is -0.212. The third kappa shape index (κ3) is 4.71. The summed E-state index contributed by atoms with van der Waals surface area (Å²) in [5.41, 5.74) is 2.53. The number of nitrogens with one attached hydrogen (secondary N) is 1. The molecular formula is C16H20ClN3O3. The van der Waals surface area contributed by atoms with Crippen LogP contribution in [-0.4, -0.2) is 45.6 Å². The Morgan fingerprint density at radius 1 is 1.43 bits per heavy atom. The van der Waals surface area contributed by atoms with E-state index in [4.69, 9.17) is 21.4 Å². The molecule has 0 aliphatic heterocycles. The molecule has 0 unspecified atom stereocenters. The Morgan fingerprint density at radius 3 is 2.83 bits per heavy atom.